The summed E-state index contributed by atoms with van der Waals surface area (Å²) >= 11 is 0. The topological polar surface area (TPSA) is 34.1 Å². The number of hydrogen-bond donors (Lipinski definition) is 1. The number of hydrogen-bond acceptors (Lipinski definition) is 3. The quantitative estimate of drug-likeness (QED) is 0.897. The van der Waals surface area contributed by atoms with E-state index < -0.39 is 0 Å². The van der Waals surface area contributed by atoms with Gasteiger partial charge in [-0.3, -0.25) is 4.98 Å². The smallest absolute Gasteiger partial charge is 0.141 e. The molecule has 3 nitrogen and oxygen atoms in total. The van der Waals surface area contributed by atoms with Gasteiger partial charge in [0.05, 0.1) is 18.8 Å². The fourth-order valence-electron chi connectivity index (χ4n) is 2.04. The predicted molar refractivity (Wildman–Crippen MR) is 72.7 cm³/mol. The number of pyridine rings is 1. The van der Waals surface area contributed by atoms with Crippen LogP contribution in [0.4, 0.5) is 4.39 Å². The van der Waals surface area contributed by atoms with Gasteiger partial charge in [-0.1, -0.05) is 12.1 Å². The van der Waals surface area contributed by atoms with Gasteiger partial charge in [0, 0.05) is 6.20 Å². The number of aromatic nitrogens is 1. The van der Waals surface area contributed by atoms with Crippen molar-refractivity contribution < 1.29 is 9.13 Å². The predicted octanol–water partition coefficient (Wildman–Crippen LogP) is 2.93. The molecule has 1 aromatic heterocycles. The summed E-state index contributed by atoms with van der Waals surface area (Å²) in [6.45, 7) is 2.59. The Bertz CT molecular complexity index is 528. The maximum absolute atomic E-state index is 13.2. The summed E-state index contributed by atoms with van der Waals surface area (Å²) < 4.78 is 18.6. The molecule has 1 unspecified atom stereocenters. The summed E-state index contributed by atoms with van der Waals surface area (Å²) in [6, 6.07) is 9.17. The molecular weight excluding hydrogens is 243 g/mol. The van der Waals surface area contributed by atoms with E-state index in [2.05, 4.69) is 10.3 Å². The molecule has 0 spiro atoms. The molecule has 1 heterocycles. The molecule has 0 radical (unpaired) electrons. The maximum Gasteiger partial charge on any atom is 0.141 e. The number of ether oxygens (including phenoxy) is 1. The molecule has 0 aliphatic heterocycles. The van der Waals surface area contributed by atoms with Crippen LogP contribution in [0, 0.1) is 5.82 Å². The largest absolute Gasteiger partial charge is 0.494 e. The van der Waals surface area contributed by atoms with Gasteiger partial charge < -0.3 is 10.1 Å². The second-order valence-electron chi connectivity index (χ2n) is 4.16. The Kier molecular flexibility index (Phi) is 4.47. The molecule has 1 atom stereocenters. The summed E-state index contributed by atoms with van der Waals surface area (Å²) in [5.74, 6) is 0.502. The van der Waals surface area contributed by atoms with E-state index in [1.165, 1.54) is 12.3 Å². The van der Waals surface area contributed by atoms with Gasteiger partial charge in [-0.15, -0.1) is 0 Å². The van der Waals surface area contributed by atoms with Crippen molar-refractivity contribution in [2.45, 2.75) is 13.0 Å². The standard InChI is InChI=1S/C15H17FN2O/c1-3-19-14-6-4-11(5-7-14)15(17-2)12-8-13(16)10-18-9-12/h4-10,15,17H,3H2,1-2H3. The second kappa shape index (κ2) is 6.29. The average molecular weight is 260 g/mol. The van der Waals surface area contributed by atoms with Crippen molar-refractivity contribution in [1.29, 1.82) is 0 Å². The van der Waals surface area contributed by atoms with E-state index in [1.54, 1.807) is 6.20 Å². The monoisotopic (exact) mass is 260 g/mol. The summed E-state index contributed by atoms with van der Waals surface area (Å²) in [7, 11) is 1.84. The normalized spacial score (nSPS) is 12.2. The molecule has 0 saturated heterocycles. The van der Waals surface area contributed by atoms with Gasteiger partial charge in [-0.05, 0) is 43.3 Å². The summed E-state index contributed by atoms with van der Waals surface area (Å²) in [5.41, 5.74) is 1.84. The first-order valence-corrected chi connectivity index (χ1v) is 6.25. The zero-order chi connectivity index (χ0) is 13.7. The zero-order valence-electron chi connectivity index (χ0n) is 11.1. The molecule has 0 bridgehead atoms. The van der Waals surface area contributed by atoms with Crippen LogP contribution in [0.5, 0.6) is 5.75 Å². The molecule has 0 fully saturated rings. The van der Waals surface area contributed by atoms with E-state index in [0.29, 0.717) is 6.61 Å². The van der Waals surface area contributed by atoms with E-state index in [0.717, 1.165) is 16.9 Å². The highest BCUT2D eigenvalue weighted by atomic mass is 19.1. The number of rotatable bonds is 5. The molecule has 2 aromatic rings. The Hall–Kier alpha value is -1.94. The minimum Gasteiger partial charge on any atom is -0.494 e. The van der Waals surface area contributed by atoms with Crippen LogP contribution in [-0.2, 0) is 0 Å². The lowest BCUT2D eigenvalue weighted by Crippen LogP contribution is -2.18. The second-order valence-corrected chi connectivity index (χ2v) is 4.16. The third-order valence-electron chi connectivity index (χ3n) is 2.87. The van der Waals surface area contributed by atoms with Gasteiger partial charge in [0.25, 0.3) is 0 Å². The molecule has 19 heavy (non-hydrogen) atoms. The number of nitrogens with one attached hydrogen (secondary N) is 1. The fourth-order valence-corrected chi connectivity index (χ4v) is 2.04. The SMILES string of the molecule is CCOc1ccc(C(NC)c2cncc(F)c2)cc1. The minimum absolute atomic E-state index is 0.0844. The molecule has 0 saturated carbocycles. The Balaban J connectivity index is 2.26. The molecule has 1 N–H and O–H groups in total. The van der Waals surface area contributed by atoms with Crippen LogP contribution in [0.1, 0.15) is 24.1 Å². The van der Waals surface area contributed by atoms with Crippen molar-refractivity contribution in [1.82, 2.24) is 10.3 Å². The minimum atomic E-state index is -0.330. The third-order valence-corrected chi connectivity index (χ3v) is 2.87. The molecule has 4 heteroatoms. The zero-order valence-corrected chi connectivity index (χ0v) is 11.1. The van der Waals surface area contributed by atoms with Crippen LogP contribution in [-0.4, -0.2) is 18.6 Å². The Morgan fingerprint density at radius 1 is 1.21 bits per heavy atom. The van der Waals surface area contributed by atoms with Gasteiger partial charge in [-0.2, -0.15) is 0 Å². The van der Waals surface area contributed by atoms with Crippen LogP contribution in [0.3, 0.4) is 0 Å². The number of nitrogens with zero attached hydrogens (tertiary/aromatic N) is 1. The molecule has 1 aromatic carbocycles. The Labute approximate surface area is 112 Å². The average Bonchev–Trinajstić information content (AvgIpc) is 2.42. The van der Waals surface area contributed by atoms with E-state index in [1.807, 2.05) is 38.2 Å². The Morgan fingerprint density at radius 2 is 1.95 bits per heavy atom. The van der Waals surface area contributed by atoms with Crippen LogP contribution in [0.25, 0.3) is 0 Å². The third kappa shape index (κ3) is 3.29. The van der Waals surface area contributed by atoms with Crippen LogP contribution in [0.15, 0.2) is 42.7 Å². The highest BCUT2D eigenvalue weighted by Gasteiger charge is 2.13. The molecule has 0 aliphatic rings. The molecule has 0 aliphatic carbocycles. The summed E-state index contributed by atoms with van der Waals surface area (Å²) in [4.78, 5) is 3.89. The summed E-state index contributed by atoms with van der Waals surface area (Å²) in [5, 5.41) is 3.17. The maximum atomic E-state index is 13.2. The first kappa shape index (κ1) is 13.5. The van der Waals surface area contributed by atoms with E-state index in [4.69, 9.17) is 4.74 Å². The van der Waals surface area contributed by atoms with Crippen molar-refractivity contribution in [3.63, 3.8) is 0 Å². The first-order chi connectivity index (χ1) is 9.24. The van der Waals surface area contributed by atoms with Crippen molar-refractivity contribution >= 4 is 0 Å². The van der Waals surface area contributed by atoms with Crippen molar-refractivity contribution in [3.05, 3.63) is 59.7 Å². The van der Waals surface area contributed by atoms with Crippen molar-refractivity contribution in [2.75, 3.05) is 13.7 Å². The highest BCUT2D eigenvalue weighted by Crippen LogP contribution is 2.23. The Morgan fingerprint density at radius 3 is 2.53 bits per heavy atom. The van der Waals surface area contributed by atoms with E-state index in [9.17, 15) is 4.39 Å². The van der Waals surface area contributed by atoms with Gasteiger partial charge in [-0.25, -0.2) is 4.39 Å². The molecular formula is C15H17FN2O. The van der Waals surface area contributed by atoms with Gasteiger partial charge in [0.1, 0.15) is 11.6 Å². The van der Waals surface area contributed by atoms with Gasteiger partial charge in [0.2, 0.25) is 0 Å². The molecule has 0 amide bonds. The van der Waals surface area contributed by atoms with Crippen molar-refractivity contribution in [3.8, 4) is 5.75 Å². The van der Waals surface area contributed by atoms with Crippen LogP contribution in [0.2, 0.25) is 0 Å². The number of benzene rings is 1. The van der Waals surface area contributed by atoms with E-state index >= 15 is 0 Å². The lowest BCUT2D eigenvalue weighted by atomic mass is 10.0. The first-order valence-electron chi connectivity index (χ1n) is 6.25. The lowest BCUT2D eigenvalue weighted by molar-refractivity contribution is 0.340. The van der Waals surface area contributed by atoms with Crippen LogP contribution >= 0.6 is 0 Å². The van der Waals surface area contributed by atoms with Gasteiger partial charge >= 0.3 is 0 Å². The van der Waals surface area contributed by atoms with Crippen molar-refractivity contribution in [2.24, 2.45) is 0 Å². The molecule has 100 valence electrons. The fraction of sp³-hybridized carbons (Fsp3) is 0.267. The van der Waals surface area contributed by atoms with Crippen LogP contribution < -0.4 is 10.1 Å². The van der Waals surface area contributed by atoms with E-state index in [-0.39, 0.29) is 11.9 Å². The highest BCUT2D eigenvalue weighted by molar-refractivity contribution is 5.34. The van der Waals surface area contributed by atoms with Gasteiger partial charge in [0.15, 0.2) is 0 Å². The summed E-state index contributed by atoms with van der Waals surface area (Å²) in [6.07, 6.45) is 2.87. The number of halogens is 1. The lowest BCUT2D eigenvalue weighted by Gasteiger charge is -2.17. The molecule has 2 rings (SSSR count).